The molecular weight excluding hydrogens is 377 g/mol. The van der Waals surface area contributed by atoms with E-state index in [4.69, 9.17) is 21.4 Å². The fourth-order valence-electron chi connectivity index (χ4n) is 3.95. The number of hydrazone groups is 1. The molecule has 0 bridgehead atoms. The molecule has 140 valence electrons. The minimum absolute atomic E-state index is 0.0272. The summed E-state index contributed by atoms with van der Waals surface area (Å²) in [5.41, 5.74) is 2.95. The Balaban J connectivity index is 1.65. The first kappa shape index (κ1) is 17.2. The summed E-state index contributed by atoms with van der Waals surface area (Å²) in [5.74, 6) is 0.530. The maximum absolute atomic E-state index is 13.4. The monoisotopic (exact) mass is 393 g/mol. The molecule has 3 heterocycles. The van der Waals surface area contributed by atoms with Crippen LogP contribution in [0.5, 0.6) is 5.75 Å². The molecule has 0 spiro atoms. The van der Waals surface area contributed by atoms with Crippen LogP contribution in [0.3, 0.4) is 0 Å². The second-order valence-corrected chi connectivity index (χ2v) is 7.56. The summed E-state index contributed by atoms with van der Waals surface area (Å²) >= 11 is 6.26. The van der Waals surface area contributed by atoms with E-state index < -0.39 is 5.72 Å². The van der Waals surface area contributed by atoms with E-state index in [9.17, 15) is 4.39 Å². The van der Waals surface area contributed by atoms with Gasteiger partial charge < -0.3 is 4.74 Å². The van der Waals surface area contributed by atoms with Crippen LogP contribution in [0.25, 0.3) is 0 Å². The number of nitrogens with zero attached hydrogens (tertiary/aromatic N) is 3. The molecule has 0 N–H and O–H groups in total. The largest absolute Gasteiger partial charge is 0.462 e. The van der Waals surface area contributed by atoms with Gasteiger partial charge in [-0.15, -0.1) is 0 Å². The Morgan fingerprint density at radius 3 is 2.61 bits per heavy atom. The predicted octanol–water partition coefficient (Wildman–Crippen LogP) is 5.29. The van der Waals surface area contributed by atoms with Crippen molar-refractivity contribution in [1.82, 2.24) is 9.99 Å². The van der Waals surface area contributed by atoms with Crippen molar-refractivity contribution in [3.05, 3.63) is 94.5 Å². The number of aromatic nitrogens is 1. The molecular formula is C22H17ClFN3O. The molecule has 2 aliphatic heterocycles. The van der Waals surface area contributed by atoms with Gasteiger partial charge in [-0.25, -0.2) is 9.40 Å². The molecule has 0 saturated heterocycles. The summed E-state index contributed by atoms with van der Waals surface area (Å²) in [4.78, 5) is 4.12. The number of fused-ring (bicyclic) bond motifs is 3. The van der Waals surface area contributed by atoms with Gasteiger partial charge in [0.15, 0.2) is 0 Å². The van der Waals surface area contributed by atoms with Gasteiger partial charge in [0.05, 0.1) is 11.8 Å². The number of ether oxygens (including phenoxy) is 1. The summed E-state index contributed by atoms with van der Waals surface area (Å²) in [6.07, 6.45) is 4.18. The van der Waals surface area contributed by atoms with Gasteiger partial charge in [0, 0.05) is 41.9 Å². The molecule has 2 aromatic carbocycles. The summed E-state index contributed by atoms with van der Waals surface area (Å²) in [5, 5.41) is 7.55. The Labute approximate surface area is 167 Å². The number of pyridine rings is 1. The highest BCUT2D eigenvalue weighted by Gasteiger charge is 2.48. The minimum Gasteiger partial charge on any atom is -0.462 e. The fourth-order valence-corrected chi connectivity index (χ4v) is 4.13. The summed E-state index contributed by atoms with van der Waals surface area (Å²) in [6.45, 7) is 2.00. The second kappa shape index (κ2) is 6.31. The number of halogens is 2. The van der Waals surface area contributed by atoms with Crippen molar-refractivity contribution in [3.63, 3.8) is 0 Å². The molecule has 0 unspecified atom stereocenters. The summed E-state index contributed by atoms with van der Waals surface area (Å²) in [6, 6.07) is 15.9. The van der Waals surface area contributed by atoms with E-state index in [-0.39, 0.29) is 11.9 Å². The van der Waals surface area contributed by atoms with Crippen molar-refractivity contribution in [2.45, 2.75) is 25.1 Å². The van der Waals surface area contributed by atoms with E-state index >= 15 is 0 Å². The first-order valence-electron chi connectivity index (χ1n) is 9.06. The van der Waals surface area contributed by atoms with Crippen LogP contribution in [-0.2, 0) is 5.72 Å². The lowest BCUT2D eigenvalue weighted by atomic mass is 9.93. The zero-order valence-electron chi connectivity index (χ0n) is 15.1. The third-order valence-electron chi connectivity index (χ3n) is 5.38. The van der Waals surface area contributed by atoms with Crippen LogP contribution in [0, 0.1) is 5.82 Å². The standard InChI is InChI=1S/C22H17ClFN3O/c1-22(15-8-10-25-11-9-15)27-20(18-12-16(23)4-7-21(18)28-22)13-19(26-27)14-2-5-17(24)6-3-14/h2-12,20H,13H2,1H3/t20-,22+/m1/s1. The second-order valence-electron chi connectivity index (χ2n) is 7.12. The number of rotatable bonds is 2. The first-order chi connectivity index (χ1) is 13.5. The molecule has 3 aromatic rings. The van der Waals surface area contributed by atoms with Gasteiger partial charge in [0.2, 0.25) is 5.72 Å². The number of hydrogen-bond acceptors (Lipinski definition) is 4. The highest BCUT2D eigenvalue weighted by atomic mass is 35.5. The van der Waals surface area contributed by atoms with E-state index in [2.05, 4.69) is 4.98 Å². The number of hydrogen-bond donors (Lipinski definition) is 0. The zero-order chi connectivity index (χ0) is 19.3. The number of benzene rings is 2. The average Bonchev–Trinajstić information content (AvgIpc) is 3.17. The van der Waals surface area contributed by atoms with Gasteiger partial charge in [-0.3, -0.25) is 4.98 Å². The molecule has 0 amide bonds. The molecule has 6 heteroatoms. The molecule has 0 aliphatic carbocycles. The van der Waals surface area contributed by atoms with Crippen molar-refractivity contribution in [2.75, 3.05) is 0 Å². The molecule has 0 radical (unpaired) electrons. The van der Waals surface area contributed by atoms with Crippen molar-refractivity contribution in [1.29, 1.82) is 0 Å². The summed E-state index contributed by atoms with van der Waals surface area (Å²) in [7, 11) is 0. The van der Waals surface area contributed by atoms with E-state index in [0.717, 1.165) is 28.2 Å². The van der Waals surface area contributed by atoms with Crippen LogP contribution in [0.1, 0.15) is 36.1 Å². The van der Waals surface area contributed by atoms with E-state index in [1.165, 1.54) is 12.1 Å². The SMILES string of the molecule is C[C@@]1(c2ccncc2)Oc2ccc(Cl)cc2[C@H]2CC(c3ccc(F)cc3)=NN21. The highest BCUT2D eigenvalue weighted by molar-refractivity contribution is 6.30. The smallest absolute Gasteiger partial charge is 0.221 e. The van der Waals surface area contributed by atoms with Crippen molar-refractivity contribution in [2.24, 2.45) is 5.10 Å². The van der Waals surface area contributed by atoms with Gasteiger partial charge in [0.25, 0.3) is 0 Å². The Hall–Kier alpha value is -2.92. The van der Waals surface area contributed by atoms with Crippen LogP contribution in [0.15, 0.2) is 72.1 Å². The Bertz CT molecular complexity index is 1070. The third-order valence-corrected chi connectivity index (χ3v) is 5.62. The molecule has 2 atom stereocenters. The normalized spacial score (nSPS) is 22.9. The lowest BCUT2D eigenvalue weighted by Gasteiger charge is -2.46. The van der Waals surface area contributed by atoms with Gasteiger partial charge >= 0.3 is 0 Å². The molecule has 1 aromatic heterocycles. The zero-order valence-corrected chi connectivity index (χ0v) is 15.9. The molecule has 28 heavy (non-hydrogen) atoms. The van der Waals surface area contributed by atoms with Crippen LogP contribution in [0.4, 0.5) is 4.39 Å². The maximum atomic E-state index is 13.4. The first-order valence-corrected chi connectivity index (χ1v) is 9.44. The molecule has 2 aliphatic rings. The van der Waals surface area contributed by atoms with Gasteiger partial charge in [-0.2, -0.15) is 5.10 Å². The average molecular weight is 394 g/mol. The van der Waals surface area contributed by atoms with Crippen molar-refractivity contribution in [3.8, 4) is 5.75 Å². The lowest BCUT2D eigenvalue weighted by molar-refractivity contribution is -0.112. The maximum Gasteiger partial charge on any atom is 0.221 e. The van der Waals surface area contributed by atoms with Gasteiger partial charge in [0.1, 0.15) is 11.6 Å². The van der Waals surface area contributed by atoms with Crippen LogP contribution >= 0.6 is 11.6 Å². The molecule has 4 nitrogen and oxygen atoms in total. The summed E-state index contributed by atoms with van der Waals surface area (Å²) < 4.78 is 19.8. The highest BCUT2D eigenvalue weighted by Crippen LogP contribution is 2.50. The van der Waals surface area contributed by atoms with Crippen LogP contribution in [-0.4, -0.2) is 15.7 Å². The Morgan fingerprint density at radius 2 is 1.86 bits per heavy atom. The minimum atomic E-state index is -0.795. The van der Waals surface area contributed by atoms with E-state index in [1.807, 2.05) is 42.3 Å². The topological polar surface area (TPSA) is 37.7 Å². The van der Waals surface area contributed by atoms with E-state index in [1.54, 1.807) is 24.5 Å². The Kier molecular flexibility index (Phi) is 3.88. The fraction of sp³-hybridized carbons (Fsp3) is 0.182. The van der Waals surface area contributed by atoms with Gasteiger partial charge in [-0.1, -0.05) is 23.7 Å². The predicted molar refractivity (Wildman–Crippen MR) is 106 cm³/mol. The molecule has 0 saturated carbocycles. The van der Waals surface area contributed by atoms with Crippen LogP contribution < -0.4 is 4.74 Å². The third kappa shape index (κ3) is 2.66. The molecule has 0 fully saturated rings. The Morgan fingerprint density at radius 1 is 1.11 bits per heavy atom. The van der Waals surface area contributed by atoms with Gasteiger partial charge in [-0.05, 0) is 48.0 Å². The van der Waals surface area contributed by atoms with Crippen molar-refractivity contribution < 1.29 is 9.13 Å². The van der Waals surface area contributed by atoms with E-state index in [0.29, 0.717) is 11.4 Å². The van der Waals surface area contributed by atoms with Crippen LogP contribution in [0.2, 0.25) is 5.02 Å². The molecule has 5 rings (SSSR count). The lowest BCUT2D eigenvalue weighted by Crippen LogP contribution is -2.48. The van der Waals surface area contributed by atoms with Crippen molar-refractivity contribution >= 4 is 17.3 Å². The quantitative estimate of drug-likeness (QED) is 0.593.